The Hall–Kier alpha value is -4.71. The molecule has 1 aliphatic rings. The molecule has 1 aliphatic heterocycles. The van der Waals surface area contributed by atoms with Gasteiger partial charge in [-0.15, -0.1) is 0 Å². The van der Waals surface area contributed by atoms with Crippen LogP contribution in [-0.4, -0.2) is 43.2 Å². The van der Waals surface area contributed by atoms with Crippen molar-refractivity contribution in [1.29, 1.82) is 0 Å². The Labute approximate surface area is 210 Å². The van der Waals surface area contributed by atoms with Crippen LogP contribution in [0.5, 0.6) is 17.2 Å². The fraction of sp³-hybridized carbons (Fsp3) is 0.125. The molecule has 1 aromatic heterocycles. The summed E-state index contributed by atoms with van der Waals surface area (Å²) in [5, 5.41) is 13.4. The van der Waals surface area contributed by atoms with E-state index in [9.17, 15) is 19.7 Å². The zero-order chi connectivity index (χ0) is 26.0. The molecule has 0 aliphatic carbocycles. The fourth-order valence-corrected chi connectivity index (χ4v) is 3.83. The number of nitrogens with one attached hydrogen (secondary N) is 1. The average Bonchev–Trinajstić information content (AvgIpc) is 3.34. The van der Waals surface area contributed by atoms with Crippen LogP contribution >= 0.6 is 12.2 Å². The van der Waals surface area contributed by atoms with Gasteiger partial charge in [0.05, 0.1) is 43.6 Å². The number of rotatable bonds is 7. The molecule has 12 heteroatoms. The van der Waals surface area contributed by atoms with Crippen molar-refractivity contribution >= 4 is 46.6 Å². The number of thiocarbonyl (C=S) groups is 1. The number of non-ortho nitro benzene ring substituents is 1. The van der Waals surface area contributed by atoms with E-state index in [2.05, 4.69) is 5.32 Å². The van der Waals surface area contributed by atoms with Gasteiger partial charge in [0, 0.05) is 12.1 Å². The lowest BCUT2D eigenvalue weighted by Gasteiger charge is -2.29. The lowest BCUT2D eigenvalue weighted by molar-refractivity contribution is -0.384. The summed E-state index contributed by atoms with van der Waals surface area (Å²) >= 11 is 5.25. The Bertz CT molecular complexity index is 1430. The second-order valence-corrected chi connectivity index (χ2v) is 7.73. The van der Waals surface area contributed by atoms with Gasteiger partial charge in [0.2, 0.25) is 0 Å². The highest BCUT2D eigenvalue weighted by Gasteiger charge is 2.36. The number of nitro groups is 1. The molecule has 0 saturated carbocycles. The van der Waals surface area contributed by atoms with E-state index < -0.39 is 16.7 Å². The van der Waals surface area contributed by atoms with Crippen LogP contribution in [0.25, 0.3) is 17.4 Å². The highest BCUT2D eigenvalue weighted by Crippen LogP contribution is 2.36. The van der Waals surface area contributed by atoms with E-state index in [-0.39, 0.29) is 27.9 Å². The highest BCUT2D eigenvalue weighted by molar-refractivity contribution is 7.80. The Morgan fingerprint density at radius 3 is 2.42 bits per heavy atom. The Morgan fingerprint density at radius 2 is 1.75 bits per heavy atom. The summed E-state index contributed by atoms with van der Waals surface area (Å²) < 4.78 is 21.6. The number of benzene rings is 2. The van der Waals surface area contributed by atoms with Crippen molar-refractivity contribution in [2.24, 2.45) is 0 Å². The van der Waals surface area contributed by atoms with E-state index in [0.29, 0.717) is 28.5 Å². The molecule has 0 bridgehead atoms. The summed E-state index contributed by atoms with van der Waals surface area (Å²) in [6, 6.07) is 12.0. The topological polar surface area (TPSA) is 133 Å². The molecular weight excluding hydrogens is 490 g/mol. The van der Waals surface area contributed by atoms with Crippen molar-refractivity contribution in [3.8, 4) is 28.6 Å². The van der Waals surface area contributed by atoms with Crippen molar-refractivity contribution in [2.45, 2.75) is 0 Å². The molecule has 2 aromatic carbocycles. The summed E-state index contributed by atoms with van der Waals surface area (Å²) in [4.78, 5) is 37.6. The van der Waals surface area contributed by atoms with Gasteiger partial charge in [-0.3, -0.25) is 25.0 Å². The molecule has 2 amide bonds. The first-order valence-electron chi connectivity index (χ1n) is 10.3. The molecule has 3 aromatic rings. The molecule has 0 spiro atoms. The maximum atomic E-state index is 13.3. The van der Waals surface area contributed by atoms with Gasteiger partial charge in [0.25, 0.3) is 17.5 Å². The van der Waals surface area contributed by atoms with E-state index in [1.54, 1.807) is 30.3 Å². The largest absolute Gasteiger partial charge is 0.497 e. The van der Waals surface area contributed by atoms with Crippen LogP contribution in [0.3, 0.4) is 0 Å². The predicted octanol–water partition coefficient (Wildman–Crippen LogP) is 3.71. The average molecular weight is 509 g/mol. The summed E-state index contributed by atoms with van der Waals surface area (Å²) in [7, 11) is 4.31. The van der Waals surface area contributed by atoms with Gasteiger partial charge < -0.3 is 18.6 Å². The number of anilines is 1. The first kappa shape index (κ1) is 24.4. The first-order chi connectivity index (χ1) is 17.3. The van der Waals surface area contributed by atoms with Gasteiger partial charge in [-0.2, -0.15) is 0 Å². The van der Waals surface area contributed by atoms with Crippen molar-refractivity contribution < 1.29 is 33.1 Å². The maximum Gasteiger partial charge on any atom is 0.273 e. The monoisotopic (exact) mass is 509 g/mol. The molecule has 4 rings (SSSR count). The molecule has 184 valence electrons. The van der Waals surface area contributed by atoms with E-state index in [1.165, 1.54) is 45.6 Å². The molecule has 36 heavy (non-hydrogen) atoms. The van der Waals surface area contributed by atoms with Crippen molar-refractivity contribution in [1.82, 2.24) is 5.32 Å². The number of furan rings is 1. The third-order valence-corrected chi connectivity index (χ3v) is 5.59. The van der Waals surface area contributed by atoms with Gasteiger partial charge in [-0.1, -0.05) is 0 Å². The molecule has 1 fully saturated rings. The SMILES string of the molecule is COc1ccc(N2C(=O)/C(=C/c3ccc(-c4ccc([N+](=O)[O-])cc4OC)o3)C(=O)NC2=S)c(OC)c1. The lowest BCUT2D eigenvalue weighted by atomic mass is 10.1. The number of carbonyl (C=O) groups excluding carboxylic acids is 2. The third kappa shape index (κ3) is 4.49. The number of nitrogens with zero attached hydrogens (tertiary/aromatic N) is 2. The lowest BCUT2D eigenvalue weighted by Crippen LogP contribution is -2.54. The predicted molar refractivity (Wildman–Crippen MR) is 133 cm³/mol. The minimum absolute atomic E-state index is 0.110. The van der Waals surface area contributed by atoms with Crippen LogP contribution in [-0.2, 0) is 9.59 Å². The minimum Gasteiger partial charge on any atom is -0.497 e. The molecular formula is C24H19N3O8S. The smallest absolute Gasteiger partial charge is 0.273 e. The number of methoxy groups -OCH3 is 3. The van der Waals surface area contributed by atoms with Gasteiger partial charge in [-0.05, 0) is 48.6 Å². The zero-order valence-corrected chi connectivity index (χ0v) is 20.1. The van der Waals surface area contributed by atoms with Crippen molar-refractivity contribution in [2.75, 3.05) is 26.2 Å². The van der Waals surface area contributed by atoms with Gasteiger partial charge >= 0.3 is 0 Å². The van der Waals surface area contributed by atoms with Crippen LogP contribution in [0.15, 0.2) is 58.5 Å². The first-order valence-corrected chi connectivity index (χ1v) is 10.7. The molecule has 0 atom stereocenters. The van der Waals surface area contributed by atoms with Gasteiger partial charge in [0.1, 0.15) is 34.3 Å². The summed E-state index contributed by atoms with van der Waals surface area (Å²) in [5.41, 5.74) is 0.407. The standard InChI is InChI=1S/C24H19N3O8S/c1-32-14-5-8-18(21(12-14)34-3)26-23(29)17(22(28)25-24(26)36)11-15-6-9-19(35-15)16-7-4-13(27(30)31)10-20(16)33-2/h4-12H,1-3H3,(H,25,28,36)/b17-11+. The highest BCUT2D eigenvalue weighted by atomic mass is 32.1. The number of nitro benzene ring substituents is 1. The summed E-state index contributed by atoms with van der Waals surface area (Å²) in [6.45, 7) is 0. The van der Waals surface area contributed by atoms with E-state index in [0.717, 1.165) is 4.90 Å². The van der Waals surface area contributed by atoms with E-state index >= 15 is 0 Å². The van der Waals surface area contributed by atoms with Crippen LogP contribution < -0.4 is 24.4 Å². The second kappa shape index (κ2) is 9.88. The quantitative estimate of drug-likeness (QED) is 0.166. The van der Waals surface area contributed by atoms with Gasteiger partial charge in [0.15, 0.2) is 5.11 Å². The normalized spacial score (nSPS) is 14.6. The molecule has 1 N–H and O–H groups in total. The van der Waals surface area contributed by atoms with Gasteiger partial charge in [-0.25, -0.2) is 4.90 Å². The maximum absolute atomic E-state index is 13.3. The molecule has 0 radical (unpaired) electrons. The van der Waals surface area contributed by atoms with E-state index in [4.69, 9.17) is 30.8 Å². The van der Waals surface area contributed by atoms with Crippen LogP contribution in [0, 0.1) is 10.1 Å². The molecule has 11 nitrogen and oxygen atoms in total. The van der Waals surface area contributed by atoms with Crippen LogP contribution in [0.2, 0.25) is 0 Å². The number of carbonyl (C=O) groups is 2. The summed E-state index contributed by atoms with van der Waals surface area (Å²) in [6.07, 6.45) is 1.28. The molecule has 2 heterocycles. The third-order valence-electron chi connectivity index (χ3n) is 5.30. The zero-order valence-electron chi connectivity index (χ0n) is 19.3. The van der Waals surface area contributed by atoms with E-state index in [1.807, 2.05) is 0 Å². The molecule has 0 unspecified atom stereocenters. The Morgan fingerprint density at radius 1 is 1.00 bits per heavy atom. The Balaban J connectivity index is 1.70. The minimum atomic E-state index is -0.695. The van der Waals surface area contributed by atoms with Crippen LogP contribution in [0.1, 0.15) is 5.76 Å². The Kier molecular flexibility index (Phi) is 6.70. The number of hydrogen-bond acceptors (Lipinski definition) is 9. The number of amides is 2. The number of ether oxygens (including phenoxy) is 3. The van der Waals surface area contributed by atoms with Crippen LogP contribution in [0.4, 0.5) is 11.4 Å². The fourth-order valence-electron chi connectivity index (χ4n) is 3.56. The number of hydrogen-bond donors (Lipinski definition) is 1. The molecule has 1 saturated heterocycles. The summed E-state index contributed by atoms with van der Waals surface area (Å²) in [5.74, 6) is 0.187. The second-order valence-electron chi connectivity index (χ2n) is 7.34. The van der Waals surface area contributed by atoms with Crippen molar-refractivity contribution in [3.05, 3.63) is 70.0 Å². The van der Waals surface area contributed by atoms with Crippen molar-refractivity contribution in [3.63, 3.8) is 0 Å².